The van der Waals surface area contributed by atoms with Crippen molar-refractivity contribution in [1.29, 1.82) is 5.26 Å². The number of ether oxygens (including phenoxy) is 1. The Morgan fingerprint density at radius 2 is 1.89 bits per heavy atom. The monoisotopic (exact) mass is 257 g/mol. The summed E-state index contributed by atoms with van der Waals surface area (Å²) in [5.74, 6) is -0.579. The number of carbonyl (C=O) groups is 1. The van der Waals surface area contributed by atoms with Gasteiger partial charge in [0.05, 0.1) is 6.61 Å². The van der Waals surface area contributed by atoms with Gasteiger partial charge in [0.2, 0.25) is 0 Å². The molecule has 1 rings (SSSR count). The zero-order valence-electron chi connectivity index (χ0n) is 11.9. The van der Waals surface area contributed by atoms with E-state index in [1.807, 2.05) is 30.3 Å². The Morgan fingerprint density at radius 3 is 2.32 bits per heavy atom. The van der Waals surface area contributed by atoms with Crippen LogP contribution in [0.15, 0.2) is 29.8 Å². The topological polar surface area (TPSA) is 50.1 Å². The van der Waals surface area contributed by atoms with E-state index >= 15 is 0 Å². The minimum atomic E-state index is -0.579. The molecule has 1 aromatic rings. The Kier molecular flexibility index (Phi) is 4.88. The van der Waals surface area contributed by atoms with Gasteiger partial charge in [-0.05, 0) is 29.5 Å². The molecular weight excluding hydrogens is 238 g/mol. The Bertz CT molecular complexity index is 513. The predicted molar refractivity (Wildman–Crippen MR) is 75.4 cm³/mol. The highest BCUT2D eigenvalue weighted by molar-refractivity contribution is 5.97. The number of nitrogens with zero attached hydrogens (tertiary/aromatic N) is 1. The lowest BCUT2D eigenvalue weighted by Gasteiger charge is -2.18. The largest absolute Gasteiger partial charge is 0.462 e. The highest BCUT2D eigenvalue weighted by Gasteiger charge is 2.13. The predicted octanol–water partition coefficient (Wildman–Crippen LogP) is 3.45. The number of carbonyl (C=O) groups excluding carboxylic acids is 1. The molecule has 0 N–H and O–H groups in total. The first-order chi connectivity index (χ1) is 8.88. The molecular formula is C16H19NO2. The van der Waals surface area contributed by atoms with Crippen molar-refractivity contribution >= 4 is 12.0 Å². The fourth-order valence-electron chi connectivity index (χ4n) is 1.59. The lowest BCUT2D eigenvalue weighted by molar-refractivity contribution is -0.137. The van der Waals surface area contributed by atoms with Crippen LogP contribution in [0.2, 0.25) is 0 Å². The number of hydrogen-bond acceptors (Lipinski definition) is 3. The van der Waals surface area contributed by atoms with Crippen LogP contribution in [0.5, 0.6) is 0 Å². The van der Waals surface area contributed by atoms with Crippen molar-refractivity contribution in [1.82, 2.24) is 0 Å². The Hall–Kier alpha value is -2.08. The van der Waals surface area contributed by atoms with Gasteiger partial charge < -0.3 is 4.74 Å². The molecule has 0 aliphatic rings. The minimum Gasteiger partial charge on any atom is -0.462 e. The van der Waals surface area contributed by atoms with Gasteiger partial charge in [-0.2, -0.15) is 5.26 Å². The number of hydrogen-bond donors (Lipinski definition) is 0. The first-order valence-electron chi connectivity index (χ1n) is 6.28. The maximum absolute atomic E-state index is 11.5. The average Bonchev–Trinajstić information content (AvgIpc) is 2.35. The molecule has 0 heterocycles. The van der Waals surface area contributed by atoms with E-state index in [0.29, 0.717) is 0 Å². The summed E-state index contributed by atoms with van der Waals surface area (Å²) < 4.78 is 4.82. The molecule has 0 aromatic heterocycles. The highest BCUT2D eigenvalue weighted by Crippen LogP contribution is 2.22. The summed E-state index contributed by atoms with van der Waals surface area (Å²) in [6.07, 6.45) is 1.55. The fourth-order valence-corrected chi connectivity index (χ4v) is 1.59. The van der Waals surface area contributed by atoms with E-state index in [-0.39, 0.29) is 17.6 Å². The number of rotatable bonds is 3. The van der Waals surface area contributed by atoms with Crippen LogP contribution in [-0.2, 0) is 14.9 Å². The standard InChI is InChI=1S/C16H19NO2/c1-5-19-15(18)13(11-17)10-12-6-8-14(9-7-12)16(2,3)4/h6-10H,5H2,1-4H3/b13-10-. The van der Waals surface area contributed by atoms with Crippen LogP contribution in [0.1, 0.15) is 38.8 Å². The summed E-state index contributed by atoms with van der Waals surface area (Å²) in [7, 11) is 0. The summed E-state index contributed by atoms with van der Waals surface area (Å²) in [6, 6.07) is 9.68. The molecule has 100 valence electrons. The molecule has 3 nitrogen and oxygen atoms in total. The van der Waals surface area contributed by atoms with E-state index in [9.17, 15) is 4.79 Å². The summed E-state index contributed by atoms with van der Waals surface area (Å²) in [4.78, 5) is 11.5. The molecule has 0 fully saturated rings. The van der Waals surface area contributed by atoms with Crippen LogP contribution in [0.25, 0.3) is 6.08 Å². The van der Waals surface area contributed by atoms with Gasteiger partial charge in [-0.15, -0.1) is 0 Å². The number of benzene rings is 1. The van der Waals surface area contributed by atoms with Crippen molar-refractivity contribution in [2.45, 2.75) is 33.1 Å². The van der Waals surface area contributed by atoms with E-state index in [0.717, 1.165) is 5.56 Å². The summed E-state index contributed by atoms with van der Waals surface area (Å²) in [6.45, 7) is 8.39. The van der Waals surface area contributed by atoms with E-state index in [4.69, 9.17) is 10.00 Å². The summed E-state index contributed by atoms with van der Waals surface area (Å²) in [5.41, 5.74) is 2.13. The zero-order chi connectivity index (χ0) is 14.5. The molecule has 0 spiro atoms. The van der Waals surface area contributed by atoms with Crippen LogP contribution >= 0.6 is 0 Å². The lowest BCUT2D eigenvalue weighted by Crippen LogP contribution is -2.10. The second-order valence-electron chi connectivity index (χ2n) is 5.26. The molecule has 19 heavy (non-hydrogen) atoms. The van der Waals surface area contributed by atoms with Crippen LogP contribution in [0.4, 0.5) is 0 Å². The van der Waals surface area contributed by atoms with Gasteiger partial charge in [-0.3, -0.25) is 0 Å². The third-order valence-corrected chi connectivity index (χ3v) is 2.70. The lowest BCUT2D eigenvalue weighted by atomic mass is 9.86. The minimum absolute atomic E-state index is 0.0189. The molecule has 3 heteroatoms. The smallest absolute Gasteiger partial charge is 0.348 e. The molecule has 0 saturated carbocycles. The quantitative estimate of drug-likeness (QED) is 0.473. The van der Waals surface area contributed by atoms with Crippen molar-refractivity contribution in [3.05, 3.63) is 41.0 Å². The average molecular weight is 257 g/mol. The molecule has 0 amide bonds. The molecule has 0 radical (unpaired) electrons. The number of esters is 1. The Morgan fingerprint density at radius 1 is 1.32 bits per heavy atom. The summed E-state index contributed by atoms with van der Waals surface area (Å²) >= 11 is 0. The van der Waals surface area contributed by atoms with Gasteiger partial charge in [0.25, 0.3) is 0 Å². The van der Waals surface area contributed by atoms with Gasteiger partial charge in [0, 0.05) is 0 Å². The van der Waals surface area contributed by atoms with Gasteiger partial charge in [0.1, 0.15) is 11.6 Å². The van der Waals surface area contributed by atoms with Crippen LogP contribution in [0.3, 0.4) is 0 Å². The fraction of sp³-hybridized carbons (Fsp3) is 0.375. The highest BCUT2D eigenvalue weighted by atomic mass is 16.5. The van der Waals surface area contributed by atoms with Crippen molar-refractivity contribution in [2.24, 2.45) is 0 Å². The van der Waals surface area contributed by atoms with E-state index in [1.165, 1.54) is 5.56 Å². The molecule has 0 aliphatic heterocycles. The van der Waals surface area contributed by atoms with Crippen molar-refractivity contribution in [3.63, 3.8) is 0 Å². The third kappa shape index (κ3) is 4.26. The van der Waals surface area contributed by atoms with Crippen LogP contribution in [0, 0.1) is 11.3 Å². The Balaban J connectivity index is 2.98. The van der Waals surface area contributed by atoms with Gasteiger partial charge in [-0.1, -0.05) is 45.0 Å². The second kappa shape index (κ2) is 6.19. The van der Waals surface area contributed by atoms with Crippen molar-refractivity contribution in [2.75, 3.05) is 6.61 Å². The van der Waals surface area contributed by atoms with E-state index < -0.39 is 5.97 Å². The van der Waals surface area contributed by atoms with Crippen molar-refractivity contribution in [3.8, 4) is 6.07 Å². The van der Waals surface area contributed by atoms with Crippen LogP contribution in [-0.4, -0.2) is 12.6 Å². The molecule has 1 aromatic carbocycles. The molecule has 0 aliphatic carbocycles. The molecule has 0 atom stereocenters. The van der Waals surface area contributed by atoms with E-state index in [1.54, 1.807) is 13.0 Å². The van der Waals surface area contributed by atoms with Gasteiger partial charge >= 0.3 is 5.97 Å². The van der Waals surface area contributed by atoms with E-state index in [2.05, 4.69) is 20.8 Å². The first kappa shape index (κ1) is 15.0. The van der Waals surface area contributed by atoms with Gasteiger partial charge in [0.15, 0.2) is 0 Å². The third-order valence-electron chi connectivity index (χ3n) is 2.70. The first-order valence-corrected chi connectivity index (χ1v) is 6.28. The number of nitriles is 1. The maximum atomic E-state index is 11.5. The SMILES string of the molecule is CCOC(=O)/C(C#N)=C\c1ccc(C(C)(C)C)cc1. The zero-order valence-corrected chi connectivity index (χ0v) is 11.9. The van der Waals surface area contributed by atoms with Gasteiger partial charge in [-0.25, -0.2) is 4.79 Å². The second-order valence-corrected chi connectivity index (χ2v) is 5.26. The summed E-state index contributed by atoms with van der Waals surface area (Å²) in [5, 5.41) is 8.95. The maximum Gasteiger partial charge on any atom is 0.348 e. The van der Waals surface area contributed by atoms with Crippen molar-refractivity contribution < 1.29 is 9.53 Å². The van der Waals surface area contributed by atoms with Crippen LogP contribution < -0.4 is 0 Å². The molecule has 0 unspecified atom stereocenters. The Labute approximate surface area is 114 Å². The normalized spacial score (nSPS) is 11.8. The molecule has 0 saturated heterocycles. The molecule has 0 bridgehead atoms.